The van der Waals surface area contributed by atoms with Gasteiger partial charge in [0, 0.05) is 30.5 Å². The van der Waals surface area contributed by atoms with E-state index in [1.165, 1.54) is 6.20 Å². The summed E-state index contributed by atoms with van der Waals surface area (Å²) in [5, 5.41) is 5.84. The average molecular weight is 323 g/mol. The molecule has 0 aliphatic heterocycles. The first-order valence-corrected chi connectivity index (χ1v) is 8.30. The van der Waals surface area contributed by atoms with Crippen LogP contribution < -0.4 is 10.6 Å². The Morgan fingerprint density at radius 3 is 2.71 bits per heavy atom. The van der Waals surface area contributed by atoms with E-state index in [1.54, 1.807) is 18.3 Å². The van der Waals surface area contributed by atoms with Gasteiger partial charge in [0.15, 0.2) is 0 Å². The van der Waals surface area contributed by atoms with Gasteiger partial charge < -0.3 is 10.6 Å². The van der Waals surface area contributed by atoms with E-state index in [1.807, 2.05) is 24.3 Å². The fraction of sp³-hybridized carbons (Fsp3) is 0.316. The molecule has 24 heavy (non-hydrogen) atoms. The second kappa shape index (κ2) is 7.73. The SMILES string of the molecule is O=C(NCc1cccc(NC(=O)C2CCCC2)c1)c1cccnc1. The molecule has 0 atom stereocenters. The number of nitrogens with zero attached hydrogens (tertiary/aromatic N) is 1. The zero-order valence-electron chi connectivity index (χ0n) is 13.5. The Hall–Kier alpha value is -2.69. The van der Waals surface area contributed by atoms with Crippen molar-refractivity contribution in [2.45, 2.75) is 32.2 Å². The summed E-state index contributed by atoms with van der Waals surface area (Å²) in [6, 6.07) is 11.0. The molecule has 0 spiro atoms. The molecule has 0 unspecified atom stereocenters. The number of carbonyl (C=O) groups is 2. The first-order valence-electron chi connectivity index (χ1n) is 8.30. The molecule has 1 saturated carbocycles. The van der Waals surface area contributed by atoms with Crippen molar-refractivity contribution in [3.05, 3.63) is 59.9 Å². The summed E-state index contributed by atoms with van der Waals surface area (Å²) in [5.41, 5.74) is 2.25. The van der Waals surface area contributed by atoms with Gasteiger partial charge in [-0.3, -0.25) is 14.6 Å². The molecule has 1 heterocycles. The summed E-state index contributed by atoms with van der Waals surface area (Å²) in [6.07, 6.45) is 7.40. The summed E-state index contributed by atoms with van der Waals surface area (Å²) in [4.78, 5) is 28.2. The van der Waals surface area contributed by atoms with Crippen molar-refractivity contribution in [3.8, 4) is 0 Å². The third-order valence-electron chi connectivity index (χ3n) is 4.30. The second-order valence-corrected chi connectivity index (χ2v) is 6.10. The van der Waals surface area contributed by atoms with E-state index in [0.717, 1.165) is 36.9 Å². The van der Waals surface area contributed by atoms with Crippen molar-refractivity contribution < 1.29 is 9.59 Å². The fourth-order valence-electron chi connectivity index (χ4n) is 2.97. The molecule has 2 aromatic rings. The lowest BCUT2D eigenvalue weighted by molar-refractivity contribution is -0.119. The van der Waals surface area contributed by atoms with Crippen molar-refractivity contribution in [1.29, 1.82) is 0 Å². The quantitative estimate of drug-likeness (QED) is 0.888. The number of amides is 2. The minimum absolute atomic E-state index is 0.101. The largest absolute Gasteiger partial charge is 0.348 e. The Morgan fingerprint density at radius 2 is 1.96 bits per heavy atom. The zero-order chi connectivity index (χ0) is 16.8. The summed E-state index contributed by atoms with van der Waals surface area (Å²) in [6.45, 7) is 0.404. The highest BCUT2D eigenvalue weighted by molar-refractivity contribution is 5.94. The number of nitrogens with one attached hydrogen (secondary N) is 2. The maximum atomic E-state index is 12.2. The van der Waals surface area contributed by atoms with E-state index >= 15 is 0 Å². The monoisotopic (exact) mass is 323 g/mol. The number of hydrogen-bond donors (Lipinski definition) is 2. The van der Waals surface area contributed by atoms with Gasteiger partial charge in [-0.1, -0.05) is 25.0 Å². The number of rotatable bonds is 5. The van der Waals surface area contributed by atoms with E-state index < -0.39 is 0 Å². The van der Waals surface area contributed by atoms with Crippen LogP contribution in [0.2, 0.25) is 0 Å². The summed E-state index contributed by atoms with van der Waals surface area (Å²) >= 11 is 0. The Morgan fingerprint density at radius 1 is 1.12 bits per heavy atom. The molecular formula is C19H21N3O2. The number of hydrogen-bond acceptors (Lipinski definition) is 3. The maximum Gasteiger partial charge on any atom is 0.253 e. The van der Waals surface area contributed by atoms with Crippen LogP contribution in [0.15, 0.2) is 48.8 Å². The number of aromatic nitrogens is 1. The third-order valence-corrected chi connectivity index (χ3v) is 4.30. The van der Waals surface area contributed by atoms with E-state index in [9.17, 15) is 9.59 Å². The molecular weight excluding hydrogens is 302 g/mol. The minimum Gasteiger partial charge on any atom is -0.348 e. The Balaban J connectivity index is 1.57. The van der Waals surface area contributed by atoms with Crippen LogP contribution in [0.1, 0.15) is 41.6 Å². The van der Waals surface area contributed by atoms with E-state index in [2.05, 4.69) is 15.6 Å². The lowest BCUT2D eigenvalue weighted by Crippen LogP contribution is -2.23. The molecule has 0 radical (unpaired) electrons. The van der Waals surface area contributed by atoms with Gasteiger partial charge >= 0.3 is 0 Å². The van der Waals surface area contributed by atoms with E-state index in [-0.39, 0.29) is 17.7 Å². The first-order chi connectivity index (χ1) is 11.7. The first kappa shape index (κ1) is 16.2. The predicted molar refractivity (Wildman–Crippen MR) is 92.4 cm³/mol. The predicted octanol–water partition coefficient (Wildman–Crippen LogP) is 3.14. The fourth-order valence-corrected chi connectivity index (χ4v) is 2.97. The Bertz CT molecular complexity index is 710. The van der Waals surface area contributed by atoms with Gasteiger partial charge in [-0.25, -0.2) is 0 Å². The van der Waals surface area contributed by atoms with Gasteiger partial charge in [-0.05, 0) is 42.7 Å². The van der Waals surface area contributed by atoms with Crippen LogP contribution >= 0.6 is 0 Å². The van der Waals surface area contributed by atoms with Crippen LogP contribution in [-0.4, -0.2) is 16.8 Å². The lowest BCUT2D eigenvalue weighted by atomic mass is 10.1. The van der Waals surface area contributed by atoms with Crippen LogP contribution in [0.5, 0.6) is 0 Å². The number of pyridine rings is 1. The van der Waals surface area contributed by atoms with Crippen molar-refractivity contribution >= 4 is 17.5 Å². The van der Waals surface area contributed by atoms with Gasteiger partial charge in [-0.2, -0.15) is 0 Å². The highest BCUT2D eigenvalue weighted by atomic mass is 16.2. The summed E-state index contributed by atoms with van der Waals surface area (Å²) in [5.74, 6) is 0.0754. The molecule has 1 aromatic carbocycles. The lowest BCUT2D eigenvalue weighted by Gasteiger charge is -2.12. The maximum absolute atomic E-state index is 12.2. The Labute approximate surface area is 141 Å². The molecule has 1 aliphatic carbocycles. The Kier molecular flexibility index (Phi) is 5.21. The zero-order valence-corrected chi connectivity index (χ0v) is 13.5. The standard InChI is InChI=1S/C19H21N3O2/c23-18(16-8-4-10-20-13-16)21-12-14-5-3-9-17(11-14)22-19(24)15-6-1-2-7-15/h3-5,8-11,13,15H,1-2,6-7,12H2,(H,21,23)(H,22,24). The van der Waals surface area contributed by atoms with Gasteiger partial charge in [0.25, 0.3) is 5.91 Å². The molecule has 2 amide bonds. The molecule has 5 heteroatoms. The molecule has 124 valence electrons. The van der Waals surface area contributed by atoms with Crippen LogP contribution in [0.25, 0.3) is 0 Å². The van der Waals surface area contributed by atoms with Gasteiger partial charge in [-0.15, -0.1) is 0 Å². The highest BCUT2D eigenvalue weighted by Gasteiger charge is 2.22. The molecule has 0 bridgehead atoms. The highest BCUT2D eigenvalue weighted by Crippen LogP contribution is 2.26. The van der Waals surface area contributed by atoms with Crippen LogP contribution in [0.3, 0.4) is 0 Å². The number of anilines is 1. The molecule has 3 rings (SSSR count). The molecule has 0 saturated heterocycles. The minimum atomic E-state index is -0.163. The molecule has 1 fully saturated rings. The summed E-state index contributed by atoms with van der Waals surface area (Å²) in [7, 11) is 0. The van der Waals surface area contributed by atoms with Crippen molar-refractivity contribution in [1.82, 2.24) is 10.3 Å². The average Bonchev–Trinajstić information content (AvgIpc) is 3.15. The normalized spacial score (nSPS) is 14.3. The topological polar surface area (TPSA) is 71.1 Å². The van der Waals surface area contributed by atoms with Gasteiger partial charge in [0.2, 0.25) is 5.91 Å². The van der Waals surface area contributed by atoms with Crippen molar-refractivity contribution in [2.75, 3.05) is 5.32 Å². The summed E-state index contributed by atoms with van der Waals surface area (Å²) < 4.78 is 0. The molecule has 1 aromatic heterocycles. The molecule has 2 N–H and O–H groups in total. The van der Waals surface area contributed by atoms with Gasteiger partial charge in [0.1, 0.15) is 0 Å². The van der Waals surface area contributed by atoms with Crippen LogP contribution in [0, 0.1) is 5.92 Å². The van der Waals surface area contributed by atoms with Crippen LogP contribution in [-0.2, 0) is 11.3 Å². The van der Waals surface area contributed by atoms with Crippen LogP contribution in [0.4, 0.5) is 5.69 Å². The van der Waals surface area contributed by atoms with Crippen molar-refractivity contribution in [2.24, 2.45) is 5.92 Å². The number of benzene rings is 1. The van der Waals surface area contributed by atoms with E-state index in [4.69, 9.17) is 0 Å². The second-order valence-electron chi connectivity index (χ2n) is 6.10. The van der Waals surface area contributed by atoms with Crippen molar-refractivity contribution in [3.63, 3.8) is 0 Å². The van der Waals surface area contributed by atoms with Gasteiger partial charge in [0.05, 0.1) is 5.56 Å². The smallest absolute Gasteiger partial charge is 0.253 e. The number of carbonyl (C=O) groups excluding carboxylic acids is 2. The van der Waals surface area contributed by atoms with E-state index in [0.29, 0.717) is 12.1 Å². The molecule has 5 nitrogen and oxygen atoms in total. The third kappa shape index (κ3) is 4.19. The molecule has 1 aliphatic rings.